The Morgan fingerprint density at radius 2 is 1.72 bits per heavy atom. The second-order valence-corrected chi connectivity index (χ2v) is 9.85. The molecule has 0 saturated heterocycles. The lowest BCUT2D eigenvalue weighted by molar-refractivity contribution is -0.137. The van der Waals surface area contributed by atoms with Crippen LogP contribution in [0.5, 0.6) is 5.75 Å². The second kappa shape index (κ2) is 12.7. The minimum absolute atomic E-state index is 0.0849. The highest BCUT2D eigenvalue weighted by Gasteiger charge is 2.19. The van der Waals surface area contributed by atoms with Gasteiger partial charge in [0.1, 0.15) is 17.9 Å². The number of anilines is 3. The highest BCUT2D eigenvalue weighted by Crippen LogP contribution is 2.25. The molecule has 43 heavy (non-hydrogen) atoms. The van der Waals surface area contributed by atoms with Crippen molar-refractivity contribution < 1.29 is 19.8 Å². The van der Waals surface area contributed by atoms with E-state index in [9.17, 15) is 25.1 Å². The number of nitrogens with zero attached hydrogens (tertiary/aromatic N) is 3. The summed E-state index contributed by atoms with van der Waals surface area (Å²) in [6.45, 7) is 0. The van der Waals surface area contributed by atoms with Crippen molar-refractivity contribution in [2.75, 3.05) is 16.0 Å². The number of carbonyl (C=O) groups excluding carboxylic acids is 1. The number of urea groups is 1. The number of carboxylic acids is 1. The van der Waals surface area contributed by atoms with Crippen LogP contribution in [-0.4, -0.2) is 43.0 Å². The van der Waals surface area contributed by atoms with Crippen molar-refractivity contribution in [3.8, 4) is 28.9 Å². The third kappa shape index (κ3) is 6.87. The number of benzene rings is 4. The number of nitrogens with one attached hydrogen (secondary N) is 4. The average molecular weight is 592 g/mol. The molecule has 1 unspecified atom stereocenters. The van der Waals surface area contributed by atoms with Gasteiger partial charge in [0.25, 0.3) is 0 Å². The molecule has 0 saturated carbocycles. The van der Waals surface area contributed by atoms with Crippen LogP contribution in [0.4, 0.5) is 21.9 Å². The van der Waals surface area contributed by atoms with E-state index in [1.807, 2.05) is 42.5 Å². The fraction of sp³-hybridized carbons (Fsp3) is 0.0645. The zero-order valence-electron chi connectivity index (χ0n) is 22.5. The second-order valence-electron chi connectivity index (χ2n) is 9.46. The molecule has 0 radical (unpaired) electrons. The van der Waals surface area contributed by atoms with Crippen LogP contribution in [-0.2, 0) is 11.2 Å². The van der Waals surface area contributed by atoms with Gasteiger partial charge >= 0.3 is 12.0 Å². The fourth-order valence-electron chi connectivity index (χ4n) is 4.43. The number of H-pyrrole nitrogens is 1. The van der Waals surface area contributed by atoms with E-state index in [0.717, 1.165) is 5.56 Å². The number of phenols is 1. The van der Waals surface area contributed by atoms with Gasteiger partial charge in [-0.1, -0.05) is 48.5 Å². The molecule has 1 heterocycles. The van der Waals surface area contributed by atoms with Gasteiger partial charge in [0.15, 0.2) is 10.6 Å². The van der Waals surface area contributed by atoms with E-state index in [-0.39, 0.29) is 23.4 Å². The molecule has 0 aliphatic rings. The van der Waals surface area contributed by atoms with Crippen LogP contribution in [0.15, 0.2) is 97.1 Å². The number of aromatic amines is 1. The first-order chi connectivity index (χ1) is 20.8. The maximum absolute atomic E-state index is 12.9. The smallest absolute Gasteiger partial charge is 0.326 e. The molecule has 4 aromatic carbocycles. The summed E-state index contributed by atoms with van der Waals surface area (Å²) in [5, 5.41) is 44.4. The van der Waals surface area contributed by atoms with Crippen molar-refractivity contribution in [2.24, 2.45) is 0 Å². The Bertz CT molecular complexity index is 1880. The molecule has 1 atom stereocenters. The highest BCUT2D eigenvalue weighted by molar-refractivity contribution is 7.71. The maximum atomic E-state index is 12.9. The molecule has 214 valence electrons. The van der Waals surface area contributed by atoms with Crippen LogP contribution in [0.3, 0.4) is 0 Å². The van der Waals surface area contributed by atoms with Gasteiger partial charge in [-0.25, -0.2) is 9.59 Å². The number of aromatic nitrogens is 3. The minimum Gasteiger partial charge on any atom is -0.508 e. The largest absolute Gasteiger partial charge is 0.508 e. The number of hydrogen-bond donors (Lipinski definition) is 6. The zero-order chi connectivity index (χ0) is 30.3. The third-order valence-corrected chi connectivity index (χ3v) is 6.74. The van der Waals surface area contributed by atoms with E-state index in [1.54, 1.807) is 41.0 Å². The standard InChI is InChI=1S/C31H25N7O4S/c32-18-21-16-23(33-27(29(40)41)15-19-9-12-25(39)13-10-19)11-14-26(21)35-30(42)34-22-7-4-8-24(17-22)38-28(36-37-31(38)43)20-5-2-1-3-6-20/h1-14,16-17,27,33,39H,15H2,(H,37,43)(H,40,41)(H2,34,35,42). The minimum atomic E-state index is -1.08. The van der Waals surface area contributed by atoms with Crippen molar-refractivity contribution in [1.29, 1.82) is 5.26 Å². The quantitative estimate of drug-likeness (QED) is 0.115. The Morgan fingerprint density at radius 1 is 0.953 bits per heavy atom. The number of aromatic hydroxyl groups is 1. The molecule has 1 aromatic heterocycles. The average Bonchev–Trinajstić information content (AvgIpc) is 3.40. The lowest BCUT2D eigenvalue weighted by Gasteiger charge is -2.17. The summed E-state index contributed by atoms with van der Waals surface area (Å²) in [5.41, 5.74) is 3.52. The first-order valence-electron chi connectivity index (χ1n) is 13.0. The Morgan fingerprint density at radius 3 is 2.44 bits per heavy atom. The van der Waals surface area contributed by atoms with Gasteiger partial charge in [-0.05, 0) is 66.3 Å². The summed E-state index contributed by atoms with van der Waals surface area (Å²) in [5.74, 6) is -0.377. The van der Waals surface area contributed by atoms with Crippen LogP contribution in [0, 0.1) is 16.1 Å². The number of rotatable bonds is 9. The van der Waals surface area contributed by atoms with Crippen LogP contribution in [0.2, 0.25) is 0 Å². The van der Waals surface area contributed by atoms with E-state index >= 15 is 0 Å². The summed E-state index contributed by atoms with van der Waals surface area (Å²) in [6.07, 6.45) is 0.149. The van der Waals surface area contributed by atoms with Gasteiger partial charge < -0.3 is 26.2 Å². The first kappa shape index (κ1) is 28.6. The van der Waals surface area contributed by atoms with Crippen LogP contribution < -0.4 is 16.0 Å². The molecular weight excluding hydrogens is 566 g/mol. The summed E-state index contributed by atoms with van der Waals surface area (Å²) < 4.78 is 2.15. The van der Waals surface area contributed by atoms with Crippen molar-refractivity contribution in [3.63, 3.8) is 0 Å². The Balaban J connectivity index is 1.29. The molecule has 0 aliphatic heterocycles. The summed E-state index contributed by atoms with van der Waals surface area (Å²) in [4.78, 5) is 24.8. The monoisotopic (exact) mass is 591 g/mol. The van der Waals surface area contributed by atoms with E-state index in [0.29, 0.717) is 33.2 Å². The van der Waals surface area contributed by atoms with Crippen molar-refractivity contribution in [2.45, 2.75) is 12.5 Å². The van der Waals surface area contributed by atoms with Gasteiger partial charge in [0, 0.05) is 23.4 Å². The van der Waals surface area contributed by atoms with Gasteiger partial charge in [-0.15, -0.1) is 0 Å². The van der Waals surface area contributed by atoms with Crippen LogP contribution in [0.25, 0.3) is 17.1 Å². The maximum Gasteiger partial charge on any atom is 0.326 e. The normalized spacial score (nSPS) is 11.2. The lowest BCUT2D eigenvalue weighted by atomic mass is 10.0. The zero-order valence-corrected chi connectivity index (χ0v) is 23.3. The molecular formula is C31H25N7O4S. The number of hydrogen-bond acceptors (Lipinski definition) is 7. The first-order valence-corrected chi connectivity index (χ1v) is 13.4. The molecule has 12 heteroatoms. The van der Waals surface area contributed by atoms with E-state index < -0.39 is 18.0 Å². The third-order valence-electron chi connectivity index (χ3n) is 6.47. The van der Waals surface area contributed by atoms with Gasteiger partial charge in [0.05, 0.1) is 16.9 Å². The SMILES string of the molecule is N#Cc1cc(NC(Cc2ccc(O)cc2)C(=O)O)ccc1NC(=O)Nc1cccc(-n2c(-c3ccccc3)n[nH]c2=S)c1. The Hall–Kier alpha value is -5.93. The molecule has 0 aliphatic carbocycles. The Kier molecular flexibility index (Phi) is 8.45. The number of carbonyl (C=O) groups is 2. The number of aliphatic carboxylic acids is 1. The summed E-state index contributed by atoms with van der Waals surface area (Å²) in [6, 6.07) is 27.9. The molecule has 5 aromatic rings. The predicted octanol–water partition coefficient (Wildman–Crippen LogP) is 5.93. The van der Waals surface area contributed by atoms with Gasteiger partial charge in [0.2, 0.25) is 0 Å². The summed E-state index contributed by atoms with van der Waals surface area (Å²) >= 11 is 5.46. The molecule has 2 amide bonds. The number of carboxylic acid groups (broad SMARTS) is 1. The van der Waals surface area contributed by atoms with Crippen LogP contribution >= 0.6 is 12.2 Å². The topological polar surface area (TPSA) is 168 Å². The lowest BCUT2D eigenvalue weighted by Crippen LogP contribution is -2.31. The molecule has 0 fully saturated rings. The predicted molar refractivity (Wildman–Crippen MR) is 165 cm³/mol. The van der Waals surface area contributed by atoms with Crippen molar-refractivity contribution in [1.82, 2.24) is 14.8 Å². The van der Waals surface area contributed by atoms with Crippen molar-refractivity contribution >= 4 is 41.3 Å². The van der Waals surface area contributed by atoms with Gasteiger partial charge in [-0.2, -0.15) is 10.4 Å². The number of amides is 2. The molecule has 11 nitrogen and oxygen atoms in total. The van der Waals surface area contributed by atoms with E-state index in [1.165, 1.54) is 24.3 Å². The van der Waals surface area contributed by atoms with Gasteiger partial charge in [-0.3, -0.25) is 9.67 Å². The number of phenolic OH excluding ortho intramolecular Hbond substituents is 1. The molecule has 6 N–H and O–H groups in total. The molecule has 0 bridgehead atoms. The molecule has 5 rings (SSSR count). The summed E-state index contributed by atoms with van der Waals surface area (Å²) in [7, 11) is 0. The fourth-order valence-corrected chi connectivity index (χ4v) is 4.67. The van der Waals surface area contributed by atoms with E-state index in [2.05, 4.69) is 26.1 Å². The number of nitriles is 1. The van der Waals surface area contributed by atoms with Crippen LogP contribution in [0.1, 0.15) is 11.1 Å². The molecule has 0 spiro atoms. The Labute approximate surface area is 251 Å². The highest BCUT2D eigenvalue weighted by atomic mass is 32.1. The van der Waals surface area contributed by atoms with Crippen molar-refractivity contribution in [3.05, 3.63) is 113 Å². The van der Waals surface area contributed by atoms with E-state index in [4.69, 9.17) is 12.2 Å².